The first-order valence-corrected chi connectivity index (χ1v) is 25.0. The Morgan fingerprint density at radius 1 is 0.243 bits per heavy atom. The molecule has 0 radical (unpaired) electrons. The van der Waals surface area contributed by atoms with Crippen LogP contribution in [0.5, 0.6) is 0 Å². The Morgan fingerprint density at radius 2 is 0.730 bits per heavy atom. The third-order valence-corrected chi connectivity index (χ3v) is 14.7. The highest BCUT2D eigenvalue weighted by Crippen LogP contribution is 2.49. The summed E-state index contributed by atoms with van der Waals surface area (Å²) in [6.07, 6.45) is 0. The van der Waals surface area contributed by atoms with Gasteiger partial charge in [-0.3, -0.25) is 0 Å². The van der Waals surface area contributed by atoms with E-state index in [4.69, 9.17) is 15.0 Å². The Morgan fingerprint density at radius 3 is 1.49 bits per heavy atom. The number of fused-ring (bicyclic) bond motifs is 6. The van der Waals surface area contributed by atoms with Crippen LogP contribution >= 0.6 is 0 Å². The van der Waals surface area contributed by atoms with Crippen molar-refractivity contribution in [3.8, 4) is 118 Å². The lowest BCUT2D eigenvalue weighted by molar-refractivity contribution is 1.07. The van der Waals surface area contributed by atoms with E-state index in [2.05, 4.69) is 218 Å². The van der Waals surface area contributed by atoms with Gasteiger partial charge in [-0.1, -0.05) is 218 Å². The average molecular weight is 939 g/mol. The minimum atomic E-state index is 0.562. The Balaban J connectivity index is 0.826. The number of rotatable bonds is 8. The van der Waals surface area contributed by atoms with Crippen molar-refractivity contribution in [1.82, 2.24) is 15.0 Å². The van der Waals surface area contributed by atoms with Crippen LogP contribution in [-0.2, 0) is 0 Å². The highest BCUT2D eigenvalue weighted by molar-refractivity contribution is 6.17. The van der Waals surface area contributed by atoms with Crippen LogP contribution in [0.15, 0.2) is 255 Å². The van der Waals surface area contributed by atoms with Crippen LogP contribution in [0.4, 0.5) is 0 Å². The summed E-state index contributed by atoms with van der Waals surface area (Å²) in [6.45, 7) is 0. The molecule has 0 bridgehead atoms. The normalized spacial score (nSPS) is 11.5. The molecule has 0 saturated heterocycles. The number of hydrogen-bond donors (Lipinski definition) is 0. The van der Waals surface area contributed by atoms with Crippen LogP contribution < -0.4 is 0 Å². The maximum absolute atomic E-state index is 10.5. The summed E-state index contributed by atoms with van der Waals surface area (Å²) in [5.74, 6) is 1.74. The van der Waals surface area contributed by atoms with Crippen LogP contribution in [0.3, 0.4) is 0 Å². The second-order valence-electron chi connectivity index (χ2n) is 19.0. The van der Waals surface area contributed by atoms with Gasteiger partial charge < -0.3 is 0 Å². The van der Waals surface area contributed by atoms with Gasteiger partial charge >= 0.3 is 0 Å². The van der Waals surface area contributed by atoms with Gasteiger partial charge in [0.05, 0.1) is 11.6 Å². The van der Waals surface area contributed by atoms with Gasteiger partial charge in [-0.2, -0.15) is 5.26 Å². The average Bonchev–Trinajstić information content (AvgIpc) is 3.83. The van der Waals surface area contributed by atoms with Crippen molar-refractivity contribution in [2.75, 3.05) is 0 Å². The topological polar surface area (TPSA) is 62.5 Å². The molecule has 74 heavy (non-hydrogen) atoms. The van der Waals surface area contributed by atoms with Gasteiger partial charge in [0.1, 0.15) is 0 Å². The highest BCUT2D eigenvalue weighted by atomic mass is 15.0. The van der Waals surface area contributed by atoms with Crippen LogP contribution in [0.2, 0.25) is 0 Å². The largest absolute Gasteiger partial charge is 0.208 e. The Hall–Kier alpha value is -10.1. The molecule has 0 atom stereocenters. The molecule has 0 N–H and O–H groups in total. The highest BCUT2D eigenvalue weighted by Gasteiger charge is 2.23. The Labute approximate surface area is 428 Å². The molecule has 0 aliphatic heterocycles. The number of benzene rings is 12. The molecule has 1 aromatic heterocycles. The lowest BCUT2D eigenvalue weighted by atomic mass is 9.89. The zero-order valence-electron chi connectivity index (χ0n) is 40.0. The number of aromatic nitrogens is 3. The molecule has 13 aromatic rings. The van der Waals surface area contributed by atoms with Crippen molar-refractivity contribution in [2.24, 2.45) is 0 Å². The molecule has 342 valence electrons. The van der Waals surface area contributed by atoms with Crippen molar-refractivity contribution < 1.29 is 0 Å². The molecule has 1 aliphatic rings. The summed E-state index contributed by atoms with van der Waals surface area (Å²) in [6, 6.07) is 92.3. The summed E-state index contributed by atoms with van der Waals surface area (Å²) in [4.78, 5) is 15.5. The third-order valence-electron chi connectivity index (χ3n) is 14.7. The molecular weight excluding hydrogens is 897 g/mol. The SMILES string of the molecule is N#Cc1ccc(-c2cccc(-c3ccccc3-c3cc4c5c(cccc5c3)-c3ccccc3-4)c2)cc1-c1ccc(-c2nc(-c3ccccc3)nc(-c3ccccc3-c3cc4ccccc4c4ccccc34)n2)cc1. The molecule has 4 heteroatoms. The van der Waals surface area contributed by atoms with Crippen molar-refractivity contribution >= 4 is 32.3 Å². The molecule has 4 nitrogen and oxygen atoms in total. The van der Waals surface area contributed by atoms with Crippen molar-refractivity contribution in [3.05, 3.63) is 260 Å². The smallest absolute Gasteiger partial charge is 0.164 e. The van der Waals surface area contributed by atoms with E-state index < -0.39 is 0 Å². The van der Waals surface area contributed by atoms with E-state index in [0.29, 0.717) is 23.0 Å². The van der Waals surface area contributed by atoms with Crippen LogP contribution in [0, 0.1) is 11.3 Å². The molecule has 0 unspecified atom stereocenters. The summed E-state index contributed by atoms with van der Waals surface area (Å²) >= 11 is 0. The molecule has 12 aromatic carbocycles. The molecule has 1 aliphatic carbocycles. The first-order chi connectivity index (χ1) is 36.6. The van der Waals surface area contributed by atoms with Gasteiger partial charge in [-0.15, -0.1) is 0 Å². The Bertz CT molecular complexity index is 4430. The van der Waals surface area contributed by atoms with E-state index in [1.165, 1.54) is 65.7 Å². The molecular formula is C70H42N4. The van der Waals surface area contributed by atoms with Crippen molar-refractivity contribution in [2.45, 2.75) is 0 Å². The van der Waals surface area contributed by atoms with Gasteiger partial charge in [-0.25, -0.2) is 15.0 Å². The maximum atomic E-state index is 10.5. The lowest BCUT2D eigenvalue weighted by Crippen LogP contribution is -2.01. The molecule has 0 saturated carbocycles. The van der Waals surface area contributed by atoms with E-state index in [0.717, 1.165) is 61.2 Å². The van der Waals surface area contributed by atoms with Crippen LogP contribution in [-0.4, -0.2) is 15.0 Å². The van der Waals surface area contributed by atoms with Crippen LogP contribution in [0.25, 0.3) is 144 Å². The minimum Gasteiger partial charge on any atom is -0.208 e. The first kappa shape index (κ1) is 42.8. The van der Waals surface area contributed by atoms with Gasteiger partial charge in [0, 0.05) is 22.3 Å². The number of nitriles is 1. The fourth-order valence-electron chi connectivity index (χ4n) is 11.2. The monoisotopic (exact) mass is 938 g/mol. The van der Waals surface area contributed by atoms with E-state index in [1.807, 2.05) is 42.5 Å². The predicted molar refractivity (Wildman–Crippen MR) is 305 cm³/mol. The predicted octanol–water partition coefficient (Wildman–Crippen LogP) is 18.2. The van der Waals surface area contributed by atoms with Gasteiger partial charge in [0.15, 0.2) is 17.5 Å². The summed E-state index contributed by atoms with van der Waals surface area (Å²) in [5.41, 5.74) is 19.1. The third kappa shape index (κ3) is 7.26. The fraction of sp³-hybridized carbons (Fsp3) is 0. The quantitative estimate of drug-likeness (QED) is 0.142. The zero-order chi connectivity index (χ0) is 49.1. The second kappa shape index (κ2) is 17.6. The molecule has 14 rings (SSSR count). The number of nitrogens with zero attached hydrogens (tertiary/aromatic N) is 4. The number of hydrogen-bond acceptors (Lipinski definition) is 4. The standard InChI is InChI=1S/C70H42N4/c71-43-52-37-36-48(47-19-14-20-49(38-47)54-22-6-7-24-56(54)53-39-51-21-15-31-62-58-26-9-11-28-60(58)66(42-53)67(51)62)40-64(52)44-32-34-46(35-33-44)69-72-68(45-16-2-1-3-17-45)73-70(74-69)63-30-13-12-29-61(63)65-41-50-18-4-5-23-55(50)57-25-8-10-27-59(57)65/h1-42H. The van der Waals surface area contributed by atoms with Crippen molar-refractivity contribution in [3.63, 3.8) is 0 Å². The zero-order valence-corrected chi connectivity index (χ0v) is 40.0. The lowest BCUT2D eigenvalue weighted by Gasteiger charge is -2.15. The van der Waals surface area contributed by atoms with Gasteiger partial charge in [0.2, 0.25) is 0 Å². The summed E-state index contributed by atoms with van der Waals surface area (Å²) in [7, 11) is 0. The van der Waals surface area contributed by atoms with Crippen LogP contribution in [0.1, 0.15) is 5.56 Å². The Kier molecular flexibility index (Phi) is 10.2. The first-order valence-electron chi connectivity index (χ1n) is 25.0. The summed E-state index contributed by atoms with van der Waals surface area (Å²) < 4.78 is 0. The van der Waals surface area contributed by atoms with Crippen molar-refractivity contribution in [1.29, 1.82) is 5.26 Å². The van der Waals surface area contributed by atoms with E-state index >= 15 is 0 Å². The summed E-state index contributed by atoms with van der Waals surface area (Å²) in [5, 5.41) is 17.8. The van der Waals surface area contributed by atoms with Gasteiger partial charge in [-0.05, 0) is 141 Å². The molecule has 0 fully saturated rings. The minimum absolute atomic E-state index is 0.562. The molecule has 1 heterocycles. The van der Waals surface area contributed by atoms with E-state index in [-0.39, 0.29) is 0 Å². The van der Waals surface area contributed by atoms with E-state index in [1.54, 1.807) is 0 Å². The molecule has 0 amide bonds. The fourth-order valence-corrected chi connectivity index (χ4v) is 11.2. The maximum Gasteiger partial charge on any atom is 0.164 e. The van der Waals surface area contributed by atoms with E-state index in [9.17, 15) is 5.26 Å². The van der Waals surface area contributed by atoms with Gasteiger partial charge in [0.25, 0.3) is 0 Å². The molecule has 0 spiro atoms. The second-order valence-corrected chi connectivity index (χ2v) is 19.0.